The van der Waals surface area contributed by atoms with E-state index in [0.29, 0.717) is 13.0 Å². The topological polar surface area (TPSA) is 86.0 Å². The first-order chi connectivity index (χ1) is 8.34. The lowest BCUT2D eigenvalue weighted by molar-refractivity contribution is 0.603. The first-order valence-corrected chi connectivity index (χ1v) is 7.17. The summed E-state index contributed by atoms with van der Waals surface area (Å²) in [6, 6.07) is 0. The van der Waals surface area contributed by atoms with Crippen molar-refractivity contribution >= 4 is 16.6 Å². The molecule has 0 aromatic carbocycles. The van der Waals surface area contributed by atoms with Crippen LogP contribution >= 0.6 is 0 Å². The smallest absolute Gasteiger partial charge is 0.346 e. The van der Waals surface area contributed by atoms with Gasteiger partial charge >= 0.3 is 5.69 Å². The summed E-state index contributed by atoms with van der Waals surface area (Å²) in [6.45, 7) is 2.37. The molecule has 1 N–H and O–H groups in total. The van der Waals surface area contributed by atoms with Crippen molar-refractivity contribution in [2.75, 3.05) is 18.1 Å². The van der Waals surface area contributed by atoms with Crippen molar-refractivity contribution in [1.29, 1.82) is 0 Å². The van der Waals surface area contributed by atoms with Crippen LogP contribution in [0.4, 0.5) is 5.82 Å². The predicted octanol–water partition coefficient (Wildman–Crippen LogP) is -0.952. The molecule has 0 aliphatic rings. The van der Waals surface area contributed by atoms with Crippen molar-refractivity contribution in [2.24, 2.45) is 14.1 Å². The number of hydrogen-bond acceptors (Lipinski definition) is 5. The first kappa shape index (κ1) is 14.6. The van der Waals surface area contributed by atoms with Gasteiger partial charge in [0.05, 0.1) is 0 Å². The average molecular weight is 274 g/mol. The monoisotopic (exact) mass is 274 g/mol. The summed E-state index contributed by atoms with van der Waals surface area (Å²) in [7, 11) is 2.00. The lowest BCUT2D eigenvalue weighted by Gasteiger charge is -2.10. The molecular weight excluding hydrogens is 256 g/mol. The van der Waals surface area contributed by atoms with Gasteiger partial charge in [0, 0.05) is 42.9 Å². The maximum atomic E-state index is 11.7. The van der Waals surface area contributed by atoms with Crippen molar-refractivity contribution in [3.05, 3.63) is 20.8 Å². The van der Waals surface area contributed by atoms with E-state index in [1.54, 1.807) is 6.26 Å². The third-order valence-electron chi connectivity index (χ3n) is 2.73. The highest BCUT2D eigenvalue weighted by molar-refractivity contribution is 7.84. The van der Waals surface area contributed by atoms with Gasteiger partial charge in [-0.05, 0) is 6.42 Å². The predicted molar refractivity (Wildman–Crippen MR) is 71.4 cm³/mol. The summed E-state index contributed by atoms with van der Waals surface area (Å²) in [5, 5.41) is 6.78. The summed E-state index contributed by atoms with van der Waals surface area (Å²) in [5.74, 6) is 0.133. The van der Waals surface area contributed by atoms with Crippen LogP contribution in [0.15, 0.2) is 9.59 Å². The minimum Gasteiger partial charge on any atom is -0.364 e. The number of rotatable bonds is 5. The van der Waals surface area contributed by atoms with Gasteiger partial charge in [-0.1, -0.05) is 6.92 Å². The fourth-order valence-electron chi connectivity index (χ4n) is 1.37. The van der Waals surface area contributed by atoms with Gasteiger partial charge in [0.1, 0.15) is 0 Å². The van der Waals surface area contributed by atoms with E-state index in [1.807, 2.05) is 6.92 Å². The molecule has 0 saturated carbocycles. The Morgan fingerprint density at radius 2 is 2.00 bits per heavy atom. The number of aromatic nitrogens is 3. The first-order valence-electron chi connectivity index (χ1n) is 5.55. The second-order valence-corrected chi connectivity index (χ2v) is 5.95. The Morgan fingerprint density at radius 1 is 1.39 bits per heavy atom. The third-order valence-corrected chi connectivity index (χ3v) is 4.10. The molecule has 0 saturated heterocycles. The Morgan fingerprint density at radius 3 is 2.56 bits per heavy atom. The van der Waals surface area contributed by atoms with Gasteiger partial charge in [-0.3, -0.25) is 13.6 Å². The molecule has 0 radical (unpaired) electrons. The summed E-state index contributed by atoms with van der Waals surface area (Å²) < 4.78 is 13.3. The van der Waals surface area contributed by atoms with Crippen LogP contribution in [-0.2, 0) is 24.9 Å². The van der Waals surface area contributed by atoms with E-state index in [9.17, 15) is 13.8 Å². The fourth-order valence-corrected chi connectivity index (χ4v) is 1.82. The van der Waals surface area contributed by atoms with Crippen molar-refractivity contribution in [3.8, 4) is 0 Å². The zero-order valence-electron chi connectivity index (χ0n) is 11.0. The number of nitrogens with zero attached hydrogens (tertiary/aromatic N) is 3. The van der Waals surface area contributed by atoms with Crippen LogP contribution in [-0.4, -0.2) is 36.6 Å². The molecule has 7 nitrogen and oxygen atoms in total. The Bertz CT molecular complexity index is 563. The van der Waals surface area contributed by atoms with E-state index in [1.165, 1.54) is 14.1 Å². The lowest BCUT2D eigenvalue weighted by Crippen LogP contribution is -2.40. The van der Waals surface area contributed by atoms with E-state index < -0.39 is 22.0 Å². The summed E-state index contributed by atoms with van der Waals surface area (Å²) >= 11 is 0. The van der Waals surface area contributed by atoms with Crippen LogP contribution in [0.5, 0.6) is 0 Å². The van der Waals surface area contributed by atoms with E-state index in [0.717, 1.165) is 9.25 Å². The molecule has 102 valence electrons. The minimum absolute atomic E-state index is 0.0499. The molecule has 1 rings (SSSR count). The average Bonchev–Trinajstić information content (AvgIpc) is 2.32. The van der Waals surface area contributed by atoms with Crippen LogP contribution in [0, 0.1) is 0 Å². The maximum absolute atomic E-state index is 11.7. The Hall–Kier alpha value is -1.44. The zero-order chi connectivity index (χ0) is 13.9. The van der Waals surface area contributed by atoms with Crippen molar-refractivity contribution in [1.82, 2.24) is 14.3 Å². The second-order valence-electron chi connectivity index (χ2n) is 4.14. The molecule has 2 atom stereocenters. The molecule has 0 amide bonds. The molecule has 1 aromatic rings. The van der Waals surface area contributed by atoms with Gasteiger partial charge in [0.15, 0.2) is 0 Å². The van der Waals surface area contributed by atoms with Gasteiger partial charge in [0.2, 0.25) is 5.82 Å². The quantitative estimate of drug-likeness (QED) is 0.748. The summed E-state index contributed by atoms with van der Waals surface area (Å²) in [6.07, 6.45) is 2.31. The Labute approximate surface area is 107 Å². The van der Waals surface area contributed by atoms with Gasteiger partial charge in [-0.2, -0.15) is 0 Å². The molecule has 1 heterocycles. The molecule has 1 aromatic heterocycles. The van der Waals surface area contributed by atoms with Crippen LogP contribution < -0.4 is 16.6 Å². The summed E-state index contributed by atoms with van der Waals surface area (Å²) in [4.78, 5) is 23.1. The van der Waals surface area contributed by atoms with Crippen molar-refractivity contribution in [2.45, 2.75) is 18.6 Å². The van der Waals surface area contributed by atoms with Gasteiger partial charge < -0.3 is 5.32 Å². The maximum Gasteiger partial charge on any atom is 0.346 e. The second kappa shape index (κ2) is 5.94. The van der Waals surface area contributed by atoms with E-state index >= 15 is 0 Å². The zero-order valence-corrected chi connectivity index (χ0v) is 11.8. The molecule has 0 aliphatic heterocycles. The fraction of sp³-hybridized carbons (Fsp3) is 0.700. The largest absolute Gasteiger partial charge is 0.364 e. The van der Waals surface area contributed by atoms with Crippen LogP contribution in [0.1, 0.15) is 13.3 Å². The molecule has 0 fully saturated rings. The lowest BCUT2D eigenvalue weighted by atomic mass is 10.3. The highest BCUT2D eigenvalue weighted by Gasteiger charge is 2.09. The molecule has 18 heavy (non-hydrogen) atoms. The molecule has 8 heteroatoms. The number of hydrogen-bond donors (Lipinski definition) is 1. The van der Waals surface area contributed by atoms with Crippen LogP contribution in [0.25, 0.3) is 0 Å². The highest BCUT2D eigenvalue weighted by atomic mass is 32.2. The van der Waals surface area contributed by atoms with E-state index in [4.69, 9.17) is 0 Å². The summed E-state index contributed by atoms with van der Waals surface area (Å²) in [5.41, 5.74) is -0.919. The molecule has 0 aliphatic carbocycles. The molecular formula is C10H18N4O3S. The number of nitrogens with one attached hydrogen (secondary N) is 1. The molecule has 2 unspecified atom stereocenters. The van der Waals surface area contributed by atoms with Crippen molar-refractivity contribution in [3.63, 3.8) is 0 Å². The van der Waals surface area contributed by atoms with Gasteiger partial charge in [-0.15, -0.1) is 5.10 Å². The number of aryl methyl sites for hydroxylation is 1. The highest BCUT2D eigenvalue weighted by Crippen LogP contribution is 1.99. The SMILES string of the molecule is CC(CCNc1nn(C)c(=O)n(C)c1=O)S(C)=O. The molecule has 0 bridgehead atoms. The Balaban J connectivity index is 2.78. The number of anilines is 1. The van der Waals surface area contributed by atoms with Crippen LogP contribution in [0.2, 0.25) is 0 Å². The molecule has 0 spiro atoms. The van der Waals surface area contributed by atoms with Gasteiger partial charge in [-0.25, -0.2) is 9.48 Å². The van der Waals surface area contributed by atoms with Crippen molar-refractivity contribution < 1.29 is 4.21 Å². The third kappa shape index (κ3) is 3.28. The van der Waals surface area contributed by atoms with E-state index in [2.05, 4.69) is 10.4 Å². The Kier molecular flexibility index (Phi) is 4.83. The minimum atomic E-state index is -0.885. The van der Waals surface area contributed by atoms with Crippen LogP contribution in [0.3, 0.4) is 0 Å². The standard InChI is InChI=1S/C10H18N4O3S/c1-7(18(4)17)5-6-11-8-9(15)13(2)10(16)14(3)12-8/h7H,5-6H2,1-4H3,(H,11,12). The van der Waals surface area contributed by atoms with E-state index in [-0.39, 0.29) is 11.1 Å². The van der Waals surface area contributed by atoms with Gasteiger partial charge in [0.25, 0.3) is 5.56 Å². The normalized spacial score (nSPS) is 14.2.